The summed E-state index contributed by atoms with van der Waals surface area (Å²) in [4.78, 5) is 12.0. The number of aliphatic imine (C=N–C) groups is 1. The second-order valence-corrected chi connectivity index (χ2v) is 10.2. The predicted molar refractivity (Wildman–Crippen MR) is 119 cm³/mol. The van der Waals surface area contributed by atoms with Crippen molar-refractivity contribution in [3.05, 3.63) is 58.9 Å². The second-order valence-electron chi connectivity index (χ2n) is 6.93. The zero-order chi connectivity index (χ0) is 23.5. The molecule has 0 saturated carbocycles. The lowest BCUT2D eigenvalue weighted by molar-refractivity contribution is 0.595. The molecule has 0 unspecified atom stereocenters. The first kappa shape index (κ1) is 23.7. The molecule has 1 aromatic carbocycles. The highest BCUT2D eigenvalue weighted by Crippen LogP contribution is 2.24. The molecular formula is C19H21FN6O4S2. The molecule has 170 valence electrons. The molecule has 1 aromatic heterocycles. The molecule has 10 nitrogen and oxygen atoms in total. The first-order valence-electron chi connectivity index (χ1n) is 9.27. The molecule has 4 N–H and O–H groups in total. The van der Waals surface area contributed by atoms with Crippen LogP contribution < -0.4 is 15.2 Å². The molecule has 32 heavy (non-hydrogen) atoms. The number of aryl methyl sites for hydroxylation is 1. The van der Waals surface area contributed by atoms with Crippen molar-refractivity contribution >= 4 is 43.2 Å². The summed E-state index contributed by atoms with van der Waals surface area (Å²) in [6.45, 7) is 1.61. The minimum absolute atomic E-state index is 0.0108. The summed E-state index contributed by atoms with van der Waals surface area (Å²) < 4.78 is 63.3. The lowest BCUT2D eigenvalue weighted by Gasteiger charge is -2.12. The van der Waals surface area contributed by atoms with Gasteiger partial charge in [-0.05, 0) is 49.7 Å². The predicted octanol–water partition coefficient (Wildman–Crippen LogP) is 2.17. The second kappa shape index (κ2) is 9.24. The van der Waals surface area contributed by atoms with Crippen LogP contribution >= 0.6 is 0 Å². The molecule has 13 heteroatoms. The molecule has 0 radical (unpaired) electrons. The van der Waals surface area contributed by atoms with E-state index in [1.807, 2.05) is 0 Å². The summed E-state index contributed by atoms with van der Waals surface area (Å²) in [6.07, 6.45) is 4.95. The minimum Gasteiger partial charge on any atom is -0.324 e. The number of halogens is 1. The Kier molecular flexibility index (Phi) is 6.83. The minimum atomic E-state index is -3.93. The average molecular weight is 481 g/mol. The number of hydrogen-bond donors (Lipinski definition) is 3. The molecule has 0 fully saturated rings. The first-order valence-corrected chi connectivity index (χ1v) is 12.4. The molecule has 2 aromatic rings. The van der Waals surface area contributed by atoms with E-state index in [0.717, 1.165) is 11.6 Å². The third-order valence-corrected chi connectivity index (χ3v) is 6.70. The van der Waals surface area contributed by atoms with E-state index in [-0.39, 0.29) is 23.1 Å². The van der Waals surface area contributed by atoms with Crippen molar-refractivity contribution in [2.45, 2.75) is 24.7 Å². The largest absolute Gasteiger partial charge is 0.324 e. The maximum Gasteiger partial charge on any atom is 0.238 e. The van der Waals surface area contributed by atoms with Gasteiger partial charge in [0.2, 0.25) is 26.0 Å². The Bertz CT molecular complexity index is 1350. The fourth-order valence-electron chi connectivity index (χ4n) is 2.90. The number of sulfonamides is 2. The maximum atomic E-state index is 14.3. The maximum absolute atomic E-state index is 14.3. The summed E-state index contributed by atoms with van der Waals surface area (Å²) in [5.41, 5.74) is 1.82. The molecule has 0 atom stereocenters. The van der Waals surface area contributed by atoms with Crippen LogP contribution in [0.15, 0.2) is 57.4 Å². The number of anilines is 2. The molecular weight excluding hydrogens is 459 g/mol. The van der Waals surface area contributed by atoms with Gasteiger partial charge < -0.3 is 5.32 Å². The molecule has 0 aliphatic heterocycles. The van der Waals surface area contributed by atoms with E-state index in [0.29, 0.717) is 29.0 Å². The van der Waals surface area contributed by atoms with E-state index in [9.17, 15) is 21.2 Å². The van der Waals surface area contributed by atoms with Crippen molar-refractivity contribution in [3.8, 4) is 0 Å². The lowest BCUT2D eigenvalue weighted by atomic mass is 10.0. The van der Waals surface area contributed by atoms with Crippen LogP contribution in [-0.4, -0.2) is 39.6 Å². The highest BCUT2D eigenvalue weighted by Gasteiger charge is 2.15. The Balaban J connectivity index is 1.89. The molecule has 1 heterocycles. The Morgan fingerprint density at radius 2 is 2.00 bits per heavy atom. The number of hydrogen-bond acceptors (Lipinski definition) is 8. The number of allylic oxidation sites excluding steroid dienone is 3. The SMILES string of the molecule is CNS(=O)(=O)C=C1CC=CC(=Nc2nc(Nc3ccc(C)c(S(N)(=O)=O)c3)ncc2F)C1. The Morgan fingerprint density at radius 3 is 2.69 bits per heavy atom. The molecule has 1 aliphatic carbocycles. The van der Waals surface area contributed by atoms with Crippen LogP contribution in [0.5, 0.6) is 0 Å². The number of nitrogens with one attached hydrogen (secondary N) is 2. The van der Waals surface area contributed by atoms with E-state index < -0.39 is 25.9 Å². The van der Waals surface area contributed by atoms with E-state index in [2.05, 4.69) is 25.0 Å². The normalized spacial score (nSPS) is 17.1. The third-order valence-electron chi connectivity index (χ3n) is 4.43. The van der Waals surface area contributed by atoms with Gasteiger partial charge in [-0.15, -0.1) is 0 Å². The van der Waals surface area contributed by atoms with Crippen LogP contribution in [0.25, 0.3) is 0 Å². The highest BCUT2D eigenvalue weighted by atomic mass is 32.2. The molecule has 0 spiro atoms. The van der Waals surface area contributed by atoms with E-state index in [4.69, 9.17) is 5.14 Å². The Labute approximate surface area is 185 Å². The van der Waals surface area contributed by atoms with Gasteiger partial charge in [0.25, 0.3) is 0 Å². The van der Waals surface area contributed by atoms with Crippen molar-refractivity contribution in [3.63, 3.8) is 0 Å². The number of primary sulfonamides is 1. The number of aromatic nitrogens is 2. The molecule has 1 aliphatic rings. The summed E-state index contributed by atoms with van der Waals surface area (Å²) in [5, 5.41) is 9.14. The Morgan fingerprint density at radius 1 is 1.25 bits per heavy atom. The number of rotatable bonds is 6. The Hall–Kier alpha value is -3.00. The molecule has 0 amide bonds. The third kappa shape index (κ3) is 6.03. The van der Waals surface area contributed by atoms with E-state index in [1.165, 1.54) is 13.1 Å². The zero-order valence-electron chi connectivity index (χ0n) is 17.2. The fourth-order valence-corrected chi connectivity index (χ4v) is 4.45. The van der Waals surface area contributed by atoms with Crippen molar-refractivity contribution < 1.29 is 21.2 Å². The van der Waals surface area contributed by atoms with Crippen molar-refractivity contribution in [1.29, 1.82) is 0 Å². The van der Waals surface area contributed by atoms with Gasteiger partial charge in [0.1, 0.15) is 0 Å². The van der Waals surface area contributed by atoms with Crippen LogP contribution in [0.1, 0.15) is 18.4 Å². The smallest absolute Gasteiger partial charge is 0.238 e. The summed E-state index contributed by atoms with van der Waals surface area (Å²) >= 11 is 0. The topological polar surface area (TPSA) is 156 Å². The summed E-state index contributed by atoms with van der Waals surface area (Å²) in [7, 11) is -6.16. The van der Waals surface area contributed by atoms with Crippen molar-refractivity contribution in [2.75, 3.05) is 12.4 Å². The van der Waals surface area contributed by atoms with Gasteiger partial charge >= 0.3 is 0 Å². The van der Waals surface area contributed by atoms with Gasteiger partial charge in [-0.3, -0.25) is 0 Å². The quantitative estimate of drug-likeness (QED) is 0.572. The fraction of sp³-hybridized carbons (Fsp3) is 0.211. The first-order chi connectivity index (χ1) is 15.0. The van der Waals surface area contributed by atoms with Crippen molar-refractivity contribution in [1.82, 2.24) is 14.7 Å². The monoisotopic (exact) mass is 480 g/mol. The molecule has 3 rings (SSSR count). The summed E-state index contributed by atoms with van der Waals surface area (Å²) in [5.74, 6) is -1.04. The zero-order valence-corrected chi connectivity index (χ0v) is 18.8. The van der Waals surface area contributed by atoms with E-state index in [1.54, 1.807) is 31.2 Å². The van der Waals surface area contributed by atoms with Gasteiger partial charge in [0.05, 0.1) is 11.1 Å². The highest BCUT2D eigenvalue weighted by molar-refractivity contribution is 7.92. The van der Waals surface area contributed by atoms with Crippen LogP contribution in [0.2, 0.25) is 0 Å². The van der Waals surface area contributed by atoms with Crippen molar-refractivity contribution in [2.24, 2.45) is 10.1 Å². The van der Waals surface area contributed by atoms with Gasteiger partial charge in [-0.2, -0.15) is 4.98 Å². The van der Waals surface area contributed by atoms with Crippen LogP contribution in [-0.2, 0) is 20.0 Å². The molecule has 0 saturated heterocycles. The van der Waals surface area contributed by atoms with Gasteiger partial charge in [-0.1, -0.05) is 12.1 Å². The van der Waals surface area contributed by atoms with Crippen LogP contribution in [0.4, 0.5) is 21.8 Å². The average Bonchev–Trinajstić information content (AvgIpc) is 2.71. The standard InChI is InChI=1S/C19H21FN6O4S2/c1-12-6-7-15(9-17(12)32(21,29)30)25-19-23-10-16(20)18(26-19)24-14-5-3-4-13(8-14)11-31(27,28)22-2/h3,5-7,9-11,22H,4,8H2,1-2H3,(H2,21,29,30)(H,23,25,26). The number of benzene rings is 1. The molecule has 0 bridgehead atoms. The van der Waals surface area contributed by atoms with Gasteiger partial charge in [-0.25, -0.2) is 41.1 Å². The van der Waals surface area contributed by atoms with E-state index >= 15 is 0 Å². The number of nitrogens with two attached hydrogens (primary N) is 1. The van der Waals surface area contributed by atoms with Crippen LogP contribution in [0.3, 0.4) is 0 Å². The number of nitrogens with zero attached hydrogens (tertiary/aromatic N) is 3. The van der Waals surface area contributed by atoms with Gasteiger partial charge in [0.15, 0.2) is 11.6 Å². The van der Waals surface area contributed by atoms with Gasteiger partial charge in [0, 0.05) is 23.2 Å². The summed E-state index contributed by atoms with van der Waals surface area (Å²) in [6, 6.07) is 4.49. The lowest BCUT2D eigenvalue weighted by Crippen LogP contribution is -2.16. The van der Waals surface area contributed by atoms with Crippen LogP contribution in [0, 0.1) is 12.7 Å².